The largest absolute Gasteiger partial charge is 0.495 e. The standard InChI is InChI=1S/C19H20Br2N2O2S/c1-3-9-4-5-11-14(6-9)26-19-15(11)18(24)22-17(23-19)12-7-10(20)8-13(21)16(12)25-2/h7-9,17,23H,3-6H2,1-2H3,(H,22,24)/t9-,17+/m0/s1. The van der Waals surface area contributed by atoms with Gasteiger partial charge in [0.2, 0.25) is 0 Å². The van der Waals surface area contributed by atoms with Crippen molar-refractivity contribution in [1.29, 1.82) is 0 Å². The van der Waals surface area contributed by atoms with Gasteiger partial charge in [0.05, 0.1) is 17.1 Å². The van der Waals surface area contributed by atoms with Crippen molar-refractivity contribution in [3.63, 3.8) is 0 Å². The summed E-state index contributed by atoms with van der Waals surface area (Å²) in [7, 11) is 1.64. The molecule has 4 rings (SSSR count). The highest BCUT2D eigenvalue weighted by atomic mass is 79.9. The Hall–Kier alpha value is -1.05. The van der Waals surface area contributed by atoms with Gasteiger partial charge in [0.1, 0.15) is 16.9 Å². The molecule has 1 aromatic carbocycles. The molecular weight excluding hydrogens is 480 g/mol. The first-order valence-corrected chi connectivity index (χ1v) is 11.2. The Morgan fingerprint density at radius 3 is 2.85 bits per heavy atom. The molecule has 1 aliphatic heterocycles. The number of anilines is 1. The number of halogens is 2. The molecule has 2 aromatic rings. The van der Waals surface area contributed by atoms with Gasteiger partial charge in [-0.25, -0.2) is 0 Å². The molecule has 2 atom stereocenters. The van der Waals surface area contributed by atoms with E-state index >= 15 is 0 Å². The maximum Gasteiger partial charge on any atom is 0.256 e. The molecule has 0 spiro atoms. The van der Waals surface area contributed by atoms with Crippen LogP contribution in [0.4, 0.5) is 5.00 Å². The fourth-order valence-electron chi connectivity index (χ4n) is 3.88. The van der Waals surface area contributed by atoms with Crippen molar-refractivity contribution in [1.82, 2.24) is 5.32 Å². The Labute approximate surface area is 174 Å². The zero-order chi connectivity index (χ0) is 18.4. The molecule has 0 saturated carbocycles. The van der Waals surface area contributed by atoms with Crippen molar-refractivity contribution < 1.29 is 9.53 Å². The average molecular weight is 500 g/mol. The van der Waals surface area contributed by atoms with Crippen molar-refractivity contribution in [3.05, 3.63) is 42.6 Å². The molecular formula is C19H20Br2N2O2S. The van der Waals surface area contributed by atoms with Crippen molar-refractivity contribution in [2.75, 3.05) is 12.4 Å². The number of amides is 1. The third-order valence-electron chi connectivity index (χ3n) is 5.27. The van der Waals surface area contributed by atoms with Gasteiger partial charge < -0.3 is 15.4 Å². The lowest BCUT2D eigenvalue weighted by Gasteiger charge is -2.28. The predicted molar refractivity (Wildman–Crippen MR) is 112 cm³/mol. The molecule has 0 bridgehead atoms. The number of thiophene rings is 1. The van der Waals surface area contributed by atoms with E-state index in [-0.39, 0.29) is 12.1 Å². The van der Waals surface area contributed by atoms with Gasteiger partial charge >= 0.3 is 0 Å². The minimum Gasteiger partial charge on any atom is -0.495 e. The number of carbonyl (C=O) groups is 1. The molecule has 1 amide bonds. The summed E-state index contributed by atoms with van der Waals surface area (Å²) >= 11 is 8.81. The molecule has 0 saturated heterocycles. The van der Waals surface area contributed by atoms with Gasteiger partial charge in [0.25, 0.3) is 5.91 Å². The van der Waals surface area contributed by atoms with Gasteiger partial charge in [0.15, 0.2) is 0 Å². The molecule has 0 unspecified atom stereocenters. The second kappa shape index (κ2) is 7.17. The normalized spacial score (nSPS) is 21.5. The van der Waals surface area contributed by atoms with Gasteiger partial charge in [-0.15, -0.1) is 11.3 Å². The Balaban J connectivity index is 1.72. The van der Waals surface area contributed by atoms with E-state index in [9.17, 15) is 4.79 Å². The monoisotopic (exact) mass is 498 g/mol. The summed E-state index contributed by atoms with van der Waals surface area (Å²) in [5, 5.41) is 7.63. The summed E-state index contributed by atoms with van der Waals surface area (Å²) in [6.45, 7) is 2.25. The number of carbonyl (C=O) groups excluding carboxylic acids is 1. The van der Waals surface area contributed by atoms with Crippen molar-refractivity contribution in [3.8, 4) is 5.75 Å². The van der Waals surface area contributed by atoms with Crippen LogP contribution in [0.25, 0.3) is 0 Å². The number of methoxy groups -OCH3 is 1. The Bertz CT molecular complexity index is 881. The highest BCUT2D eigenvalue weighted by molar-refractivity contribution is 9.11. The van der Waals surface area contributed by atoms with Gasteiger partial charge in [-0.2, -0.15) is 0 Å². The summed E-state index contributed by atoms with van der Waals surface area (Å²) in [5.74, 6) is 1.47. The predicted octanol–water partition coefficient (Wildman–Crippen LogP) is 5.65. The van der Waals surface area contributed by atoms with E-state index < -0.39 is 0 Å². The van der Waals surface area contributed by atoms with Gasteiger partial charge in [-0.1, -0.05) is 29.3 Å². The number of rotatable bonds is 3. The fraction of sp³-hybridized carbons (Fsp3) is 0.421. The summed E-state index contributed by atoms with van der Waals surface area (Å²) < 4.78 is 7.34. The fourth-order valence-corrected chi connectivity index (χ4v) is 6.69. The summed E-state index contributed by atoms with van der Waals surface area (Å²) in [4.78, 5) is 14.3. The third-order valence-corrected chi connectivity index (χ3v) is 7.51. The van der Waals surface area contributed by atoms with Gasteiger partial charge in [0, 0.05) is 14.9 Å². The van der Waals surface area contributed by atoms with Crippen molar-refractivity contribution >= 4 is 54.1 Å². The quantitative estimate of drug-likeness (QED) is 0.573. The van der Waals surface area contributed by atoms with E-state index in [1.807, 2.05) is 12.1 Å². The van der Waals surface area contributed by atoms with Gasteiger partial charge in [-0.3, -0.25) is 4.79 Å². The summed E-state index contributed by atoms with van der Waals surface area (Å²) in [5.41, 5.74) is 3.00. The molecule has 0 radical (unpaired) electrons. The van der Waals surface area contributed by atoms with E-state index in [2.05, 4.69) is 49.4 Å². The number of nitrogens with one attached hydrogen (secondary N) is 2. The van der Waals surface area contributed by atoms with Crippen LogP contribution in [0.2, 0.25) is 0 Å². The van der Waals surface area contributed by atoms with Crippen LogP contribution in [-0.2, 0) is 12.8 Å². The average Bonchev–Trinajstić information content (AvgIpc) is 2.98. The highest BCUT2D eigenvalue weighted by Crippen LogP contribution is 2.45. The minimum absolute atomic E-state index is 0.00866. The Morgan fingerprint density at radius 2 is 2.12 bits per heavy atom. The highest BCUT2D eigenvalue weighted by Gasteiger charge is 2.34. The second-order valence-electron chi connectivity index (χ2n) is 6.79. The summed E-state index contributed by atoms with van der Waals surface area (Å²) in [6.07, 6.45) is 4.16. The second-order valence-corrected chi connectivity index (χ2v) is 9.66. The van der Waals surface area contributed by atoms with Crippen LogP contribution in [0, 0.1) is 5.92 Å². The maximum atomic E-state index is 12.9. The molecule has 1 aliphatic carbocycles. The van der Waals surface area contributed by atoms with E-state index in [0.29, 0.717) is 0 Å². The molecule has 4 nitrogen and oxygen atoms in total. The van der Waals surface area contributed by atoms with E-state index in [1.54, 1.807) is 18.4 Å². The van der Waals surface area contributed by atoms with Crippen LogP contribution < -0.4 is 15.4 Å². The number of benzene rings is 1. The molecule has 2 N–H and O–H groups in total. The first kappa shape index (κ1) is 18.3. The topological polar surface area (TPSA) is 50.4 Å². The zero-order valence-electron chi connectivity index (χ0n) is 14.6. The lowest BCUT2D eigenvalue weighted by molar-refractivity contribution is 0.0934. The number of hydrogen-bond acceptors (Lipinski definition) is 4. The molecule has 26 heavy (non-hydrogen) atoms. The number of fused-ring (bicyclic) bond motifs is 3. The van der Waals surface area contributed by atoms with Crippen LogP contribution in [0.15, 0.2) is 21.1 Å². The van der Waals surface area contributed by atoms with Crippen molar-refractivity contribution in [2.45, 2.75) is 38.8 Å². The molecule has 2 aliphatic rings. The molecule has 138 valence electrons. The minimum atomic E-state index is -0.319. The summed E-state index contributed by atoms with van der Waals surface area (Å²) in [6, 6.07) is 3.92. The lowest BCUT2D eigenvalue weighted by Crippen LogP contribution is -2.38. The first-order valence-electron chi connectivity index (χ1n) is 8.76. The van der Waals surface area contributed by atoms with Gasteiger partial charge in [-0.05, 0) is 58.8 Å². The molecule has 1 aromatic heterocycles. The van der Waals surface area contributed by atoms with Crippen LogP contribution in [0.3, 0.4) is 0 Å². The zero-order valence-corrected chi connectivity index (χ0v) is 18.6. The smallest absolute Gasteiger partial charge is 0.256 e. The number of ether oxygens (including phenoxy) is 1. The number of hydrogen-bond donors (Lipinski definition) is 2. The Morgan fingerprint density at radius 1 is 1.31 bits per heavy atom. The van der Waals surface area contributed by atoms with Crippen LogP contribution >= 0.6 is 43.2 Å². The van der Waals surface area contributed by atoms with Crippen molar-refractivity contribution in [2.24, 2.45) is 5.92 Å². The molecule has 0 fully saturated rings. The molecule has 2 heterocycles. The SMILES string of the molecule is CC[C@H]1CCc2c(sc3c2C(=O)N[C@@H](c2cc(Br)cc(Br)c2OC)N3)C1. The van der Waals surface area contributed by atoms with Crippen LogP contribution in [0.5, 0.6) is 5.75 Å². The third kappa shape index (κ3) is 3.08. The van der Waals surface area contributed by atoms with Crippen LogP contribution in [-0.4, -0.2) is 13.0 Å². The molecule has 7 heteroatoms. The lowest BCUT2D eigenvalue weighted by atomic mass is 9.85. The first-order chi connectivity index (χ1) is 12.5. The van der Waals surface area contributed by atoms with E-state index in [0.717, 1.165) is 49.6 Å². The van der Waals surface area contributed by atoms with E-state index in [1.165, 1.54) is 23.3 Å². The Kier molecular flexibility index (Phi) is 5.05. The van der Waals surface area contributed by atoms with E-state index in [4.69, 9.17) is 4.74 Å². The van der Waals surface area contributed by atoms with Crippen LogP contribution in [0.1, 0.15) is 52.3 Å². The maximum absolute atomic E-state index is 12.9.